The van der Waals surface area contributed by atoms with Gasteiger partial charge in [-0.1, -0.05) is 35.0 Å². The Kier molecular flexibility index (Phi) is 4.05. The number of anilines is 1. The van der Waals surface area contributed by atoms with Crippen molar-refractivity contribution in [1.29, 1.82) is 0 Å². The summed E-state index contributed by atoms with van der Waals surface area (Å²) in [5.74, 6) is 0.342. The third kappa shape index (κ3) is 2.87. The summed E-state index contributed by atoms with van der Waals surface area (Å²) in [5.41, 5.74) is 4.86. The van der Waals surface area contributed by atoms with Crippen LogP contribution in [0, 0.1) is 0 Å². The van der Waals surface area contributed by atoms with Crippen molar-refractivity contribution in [2.45, 2.75) is 12.8 Å². The average molecular weight is 256 g/mol. The molecule has 1 atom stereocenters. The Hall–Kier alpha value is -2.03. The molecule has 2 rings (SSSR count). The summed E-state index contributed by atoms with van der Waals surface area (Å²) in [6, 6.07) is 6.44. The maximum Gasteiger partial charge on any atom is 0.106 e. The van der Waals surface area contributed by atoms with Gasteiger partial charge in [0.1, 0.15) is 7.11 Å². The average Bonchev–Trinajstić information content (AvgIpc) is 2.82. The highest BCUT2D eigenvalue weighted by atomic mass is 16.6. The largest absolute Gasteiger partial charge is 0.399 e. The van der Waals surface area contributed by atoms with Gasteiger partial charge in [0.15, 0.2) is 0 Å². The molecule has 100 valence electrons. The Morgan fingerprint density at radius 2 is 2.11 bits per heavy atom. The van der Waals surface area contributed by atoms with E-state index in [1.807, 2.05) is 14.1 Å². The molecule has 3 heteroatoms. The number of hydrogen-bond acceptors (Lipinski definition) is 3. The molecular weight excluding hydrogens is 236 g/mol. The van der Waals surface area contributed by atoms with Crippen LogP contribution in [0.2, 0.25) is 0 Å². The van der Waals surface area contributed by atoms with Crippen molar-refractivity contribution >= 4 is 11.9 Å². The Labute approximate surface area is 114 Å². The predicted molar refractivity (Wildman–Crippen MR) is 81.0 cm³/mol. The van der Waals surface area contributed by atoms with E-state index in [4.69, 9.17) is 4.84 Å². The first-order valence-electron chi connectivity index (χ1n) is 6.36. The quantitative estimate of drug-likeness (QED) is 0.609. The van der Waals surface area contributed by atoms with E-state index in [0.717, 1.165) is 11.3 Å². The lowest BCUT2D eigenvalue weighted by Gasteiger charge is -2.18. The Bertz CT molecular complexity index is 542. The van der Waals surface area contributed by atoms with Crippen LogP contribution in [0.3, 0.4) is 0 Å². The molecule has 1 aliphatic carbocycles. The van der Waals surface area contributed by atoms with Gasteiger partial charge in [-0.15, -0.1) is 0 Å². The molecule has 1 aliphatic rings. The molecule has 0 fully saturated rings. The second-order valence-corrected chi connectivity index (χ2v) is 4.90. The van der Waals surface area contributed by atoms with Crippen molar-refractivity contribution in [1.82, 2.24) is 0 Å². The first-order valence-corrected chi connectivity index (χ1v) is 6.36. The van der Waals surface area contributed by atoms with Gasteiger partial charge in [0.25, 0.3) is 0 Å². The Morgan fingerprint density at radius 1 is 1.32 bits per heavy atom. The second-order valence-electron chi connectivity index (χ2n) is 4.90. The third-order valence-corrected chi connectivity index (χ3v) is 3.37. The van der Waals surface area contributed by atoms with Crippen LogP contribution in [0.4, 0.5) is 5.69 Å². The molecule has 1 aromatic rings. The summed E-state index contributed by atoms with van der Waals surface area (Å²) in [5, 5.41) is 3.91. The zero-order valence-electron chi connectivity index (χ0n) is 11.9. The Balaban J connectivity index is 2.45. The molecule has 0 saturated heterocycles. The number of rotatable bonds is 4. The minimum atomic E-state index is 0.342. The monoisotopic (exact) mass is 256 g/mol. The van der Waals surface area contributed by atoms with E-state index in [1.165, 1.54) is 11.1 Å². The van der Waals surface area contributed by atoms with Crippen molar-refractivity contribution in [2.24, 2.45) is 5.16 Å². The standard InChI is InChI=1S/C16H20N2O/c1-12-6-5-7-15(12)16-9-8-14(18(2)3)10-13(16)11-17-19-4/h5-11,15H,1-4H3. The van der Waals surface area contributed by atoms with Crippen molar-refractivity contribution in [3.8, 4) is 0 Å². The molecular formula is C16H20N2O. The van der Waals surface area contributed by atoms with Gasteiger partial charge >= 0.3 is 0 Å². The van der Waals surface area contributed by atoms with Crippen LogP contribution in [-0.4, -0.2) is 27.4 Å². The number of allylic oxidation sites excluding steroid dienone is 4. The van der Waals surface area contributed by atoms with Gasteiger partial charge in [0, 0.05) is 31.3 Å². The minimum absolute atomic E-state index is 0.342. The lowest BCUT2D eigenvalue weighted by molar-refractivity contribution is 0.215. The maximum atomic E-state index is 4.81. The molecule has 1 aromatic carbocycles. The van der Waals surface area contributed by atoms with E-state index < -0.39 is 0 Å². The number of benzene rings is 1. The minimum Gasteiger partial charge on any atom is -0.399 e. The summed E-state index contributed by atoms with van der Waals surface area (Å²) in [6.45, 7) is 2.15. The van der Waals surface area contributed by atoms with Crippen LogP contribution in [0.25, 0.3) is 0 Å². The second kappa shape index (κ2) is 5.74. The topological polar surface area (TPSA) is 24.8 Å². The number of oxime groups is 1. The van der Waals surface area contributed by atoms with Crippen LogP contribution < -0.4 is 4.90 Å². The highest BCUT2D eigenvalue weighted by Gasteiger charge is 2.17. The van der Waals surface area contributed by atoms with Gasteiger partial charge in [-0.05, 0) is 24.6 Å². The van der Waals surface area contributed by atoms with Gasteiger partial charge in [-0.25, -0.2) is 0 Å². The Morgan fingerprint density at radius 3 is 2.68 bits per heavy atom. The van der Waals surface area contributed by atoms with E-state index in [9.17, 15) is 0 Å². The van der Waals surface area contributed by atoms with Gasteiger partial charge < -0.3 is 9.74 Å². The SMILES string of the molecule is CON=Cc1cc(N(C)C)ccc1C1C=CC=C1C. The lowest BCUT2D eigenvalue weighted by Crippen LogP contribution is -2.10. The van der Waals surface area contributed by atoms with Crippen LogP contribution in [0.5, 0.6) is 0 Å². The molecule has 0 N–H and O–H groups in total. The smallest absolute Gasteiger partial charge is 0.106 e. The third-order valence-electron chi connectivity index (χ3n) is 3.37. The van der Waals surface area contributed by atoms with Crippen LogP contribution in [-0.2, 0) is 4.84 Å². The molecule has 0 aliphatic heterocycles. The van der Waals surface area contributed by atoms with Crippen LogP contribution in [0.1, 0.15) is 24.0 Å². The predicted octanol–water partition coefficient (Wildman–Crippen LogP) is 3.33. The fourth-order valence-electron chi connectivity index (χ4n) is 2.27. The van der Waals surface area contributed by atoms with Crippen molar-refractivity contribution in [3.05, 3.63) is 53.1 Å². The van der Waals surface area contributed by atoms with E-state index in [0.29, 0.717) is 5.92 Å². The summed E-state index contributed by atoms with van der Waals surface area (Å²) in [4.78, 5) is 6.90. The normalized spacial score (nSPS) is 17.9. The van der Waals surface area contributed by atoms with E-state index >= 15 is 0 Å². The van der Waals surface area contributed by atoms with Crippen molar-refractivity contribution < 1.29 is 4.84 Å². The molecule has 1 unspecified atom stereocenters. The van der Waals surface area contributed by atoms with Gasteiger partial charge in [0.05, 0.1) is 6.21 Å². The first kappa shape index (κ1) is 13.4. The number of hydrogen-bond donors (Lipinski definition) is 0. The van der Waals surface area contributed by atoms with E-state index in [2.05, 4.69) is 53.4 Å². The fourth-order valence-corrected chi connectivity index (χ4v) is 2.27. The number of nitrogens with zero attached hydrogens (tertiary/aromatic N) is 2. The molecule has 0 heterocycles. The highest BCUT2D eigenvalue weighted by Crippen LogP contribution is 2.33. The fraction of sp³-hybridized carbons (Fsp3) is 0.312. The summed E-state index contributed by atoms with van der Waals surface area (Å²) >= 11 is 0. The zero-order valence-corrected chi connectivity index (χ0v) is 11.9. The van der Waals surface area contributed by atoms with Crippen LogP contribution >= 0.6 is 0 Å². The van der Waals surface area contributed by atoms with Crippen LogP contribution in [0.15, 0.2) is 47.2 Å². The molecule has 0 aromatic heterocycles. The lowest BCUT2D eigenvalue weighted by atomic mass is 9.91. The molecule has 0 radical (unpaired) electrons. The first-order chi connectivity index (χ1) is 9.13. The molecule has 0 spiro atoms. The molecule has 0 bridgehead atoms. The van der Waals surface area contributed by atoms with Crippen molar-refractivity contribution in [2.75, 3.05) is 26.1 Å². The molecule has 3 nitrogen and oxygen atoms in total. The zero-order chi connectivity index (χ0) is 13.8. The van der Waals surface area contributed by atoms with Gasteiger partial charge in [-0.2, -0.15) is 0 Å². The summed E-state index contributed by atoms with van der Waals surface area (Å²) < 4.78 is 0. The van der Waals surface area contributed by atoms with E-state index in [-0.39, 0.29) is 0 Å². The van der Waals surface area contributed by atoms with Gasteiger partial charge in [0.2, 0.25) is 0 Å². The molecule has 0 amide bonds. The van der Waals surface area contributed by atoms with E-state index in [1.54, 1.807) is 13.3 Å². The van der Waals surface area contributed by atoms with Crippen molar-refractivity contribution in [3.63, 3.8) is 0 Å². The maximum absolute atomic E-state index is 4.81. The molecule has 19 heavy (non-hydrogen) atoms. The van der Waals surface area contributed by atoms with Gasteiger partial charge in [-0.3, -0.25) is 0 Å². The highest BCUT2D eigenvalue weighted by molar-refractivity contribution is 5.84. The molecule has 0 saturated carbocycles. The summed E-state index contributed by atoms with van der Waals surface area (Å²) in [7, 11) is 5.63. The summed E-state index contributed by atoms with van der Waals surface area (Å²) in [6.07, 6.45) is 8.25.